The van der Waals surface area contributed by atoms with Crippen LogP contribution >= 0.6 is 41.3 Å². The summed E-state index contributed by atoms with van der Waals surface area (Å²) in [6, 6.07) is 0. The van der Waals surface area contributed by atoms with Crippen molar-refractivity contribution in [3.63, 3.8) is 0 Å². The average Bonchev–Trinajstić information content (AvgIpc) is 1.63. The van der Waals surface area contributed by atoms with Crippen LogP contribution in [0.1, 0.15) is 12.8 Å². The van der Waals surface area contributed by atoms with Crippen LogP contribution in [0.3, 0.4) is 0 Å². The number of halogens is 3. The molecule has 0 rings (SSSR count). The van der Waals surface area contributed by atoms with Gasteiger partial charge in [0.15, 0.2) is 0 Å². The van der Waals surface area contributed by atoms with Crippen LogP contribution in [0.2, 0.25) is 9.38 Å². The zero-order chi connectivity index (χ0) is 7.33. The zero-order valence-electron chi connectivity index (χ0n) is 5.46. The summed E-state index contributed by atoms with van der Waals surface area (Å²) in [7, 11) is 0. The molecular formula is C5H11Br3Sn. The molecule has 0 nitrogen and oxygen atoms in total. The van der Waals surface area contributed by atoms with E-state index in [9.17, 15) is 0 Å². The Bertz CT molecular complexity index is 69.1. The van der Waals surface area contributed by atoms with Crippen molar-refractivity contribution in [1.82, 2.24) is 0 Å². The molecule has 0 aromatic heterocycles. The van der Waals surface area contributed by atoms with Gasteiger partial charge >= 0.3 is 82.8 Å². The molecule has 0 bridgehead atoms. The van der Waals surface area contributed by atoms with Crippen LogP contribution in [0.5, 0.6) is 0 Å². The molecule has 0 aromatic rings. The molecule has 9 heavy (non-hydrogen) atoms. The third-order valence-corrected chi connectivity index (χ3v) is 10.4. The summed E-state index contributed by atoms with van der Waals surface area (Å²) >= 11 is 9.12. The molecule has 0 aliphatic rings. The predicted octanol–water partition coefficient (Wildman–Crippen LogP) is 4.02. The molecule has 0 heterocycles. The van der Waals surface area contributed by atoms with E-state index in [-0.39, 0.29) is 0 Å². The number of hydrogen-bond acceptors (Lipinski definition) is 0. The quantitative estimate of drug-likeness (QED) is 0.360. The molecule has 0 aliphatic carbocycles. The first kappa shape index (κ1) is 11.2. The van der Waals surface area contributed by atoms with Gasteiger partial charge in [0, 0.05) is 0 Å². The molecule has 0 N–H and O–H groups in total. The van der Waals surface area contributed by atoms with Crippen molar-refractivity contribution in [3.05, 3.63) is 0 Å². The Balaban J connectivity index is 3.07. The van der Waals surface area contributed by atoms with Gasteiger partial charge in [-0.05, 0) is 0 Å². The first-order valence-corrected chi connectivity index (χ1v) is 21.8. The summed E-state index contributed by atoms with van der Waals surface area (Å²) in [5.41, 5.74) is 0. The van der Waals surface area contributed by atoms with Gasteiger partial charge in [-0.3, -0.25) is 0 Å². The molecule has 0 fully saturated rings. The van der Waals surface area contributed by atoms with Gasteiger partial charge < -0.3 is 0 Å². The minimum absolute atomic E-state index is 1.15. The van der Waals surface area contributed by atoms with Gasteiger partial charge in [0.25, 0.3) is 0 Å². The van der Waals surface area contributed by atoms with Crippen LogP contribution < -0.4 is 0 Å². The Morgan fingerprint density at radius 3 is 2.11 bits per heavy atom. The molecule has 0 spiro atoms. The summed E-state index contributed by atoms with van der Waals surface area (Å²) in [6.45, 7) is 0. The molecular weight excluding hydrogens is 418 g/mol. The molecule has 0 aromatic carbocycles. The maximum absolute atomic E-state index is 3.72. The third-order valence-electron chi connectivity index (χ3n) is 0.999. The van der Waals surface area contributed by atoms with E-state index >= 15 is 0 Å². The zero-order valence-corrected chi connectivity index (χ0v) is 13.1. The topological polar surface area (TPSA) is 0 Å². The molecule has 0 saturated heterocycles. The van der Waals surface area contributed by atoms with Crippen LogP contribution in [-0.2, 0) is 0 Å². The van der Waals surface area contributed by atoms with Gasteiger partial charge in [-0.25, -0.2) is 0 Å². The molecule has 0 atom stereocenters. The van der Waals surface area contributed by atoms with E-state index < -0.39 is 13.9 Å². The fourth-order valence-corrected chi connectivity index (χ4v) is 7.17. The Morgan fingerprint density at radius 2 is 1.78 bits per heavy atom. The normalized spacial score (nSPS) is 12.0. The summed E-state index contributed by atoms with van der Waals surface area (Å²) in [4.78, 5) is 2.34. The second-order valence-electron chi connectivity index (χ2n) is 2.22. The monoisotopic (exact) mass is 428 g/mol. The minimum atomic E-state index is -1.73. The van der Waals surface area contributed by atoms with Crippen molar-refractivity contribution < 1.29 is 0 Å². The van der Waals surface area contributed by atoms with E-state index in [4.69, 9.17) is 0 Å². The van der Waals surface area contributed by atoms with Gasteiger partial charge in [-0.15, -0.1) is 0 Å². The van der Waals surface area contributed by atoms with Gasteiger partial charge in [0.2, 0.25) is 0 Å². The van der Waals surface area contributed by atoms with Gasteiger partial charge in [-0.2, -0.15) is 0 Å². The van der Waals surface area contributed by atoms with Crippen LogP contribution in [0.15, 0.2) is 0 Å². The summed E-state index contributed by atoms with van der Waals surface area (Å²) in [5, 5.41) is 1.15. The van der Waals surface area contributed by atoms with E-state index in [2.05, 4.69) is 46.3 Å². The summed E-state index contributed by atoms with van der Waals surface area (Å²) < 4.78 is 1.39. The van der Waals surface area contributed by atoms with Crippen LogP contribution in [0.25, 0.3) is 0 Å². The maximum atomic E-state index is 3.72. The molecule has 0 aliphatic heterocycles. The molecule has 0 unspecified atom stereocenters. The second kappa shape index (κ2) is 5.83. The third kappa shape index (κ3) is 10.2. The predicted molar refractivity (Wildman–Crippen MR) is 57.3 cm³/mol. The van der Waals surface area contributed by atoms with Crippen molar-refractivity contribution in [2.75, 3.05) is 5.33 Å². The fourth-order valence-electron chi connectivity index (χ4n) is 0.530. The summed E-state index contributed by atoms with van der Waals surface area (Å²) in [6.07, 6.45) is 2.66. The molecule has 4 heteroatoms. The number of alkyl halides is 1. The standard InChI is InChI=1S/C4H8Br.CH3.2BrH.Sn/c1-2-3-4-5;;;;/h1-4H2;1H3;2*1H;/q;;;;+2/p-2. The first-order valence-electron chi connectivity index (χ1n) is 3.00. The number of unbranched alkanes of at least 4 members (excludes halogenated alkanes) is 1. The van der Waals surface area contributed by atoms with Gasteiger partial charge in [-0.1, -0.05) is 0 Å². The SMILES string of the molecule is [CH3][Sn]([Br])([Br])[CH2]CCCBr. The van der Waals surface area contributed by atoms with Crippen LogP contribution in [0, 0.1) is 0 Å². The van der Waals surface area contributed by atoms with E-state index in [1.165, 1.54) is 17.3 Å². The van der Waals surface area contributed by atoms with Gasteiger partial charge in [0.05, 0.1) is 0 Å². The van der Waals surface area contributed by atoms with Crippen molar-refractivity contribution in [3.8, 4) is 0 Å². The second-order valence-corrected chi connectivity index (χ2v) is 41.2. The Morgan fingerprint density at radius 1 is 1.22 bits per heavy atom. The molecule has 0 radical (unpaired) electrons. The Labute approximate surface area is 81.7 Å². The van der Waals surface area contributed by atoms with Crippen molar-refractivity contribution in [2.45, 2.75) is 22.2 Å². The van der Waals surface area contributed by atoms with Crippen molar-refractivity contribution >= 4 is 55.3 Å². The molecule has 0 saturated carbocycles. The average molecular weight is 430 g/mol. The van der Waals surface area contributed by atoms with E-state index in [0.29, 0.717) is 0 Å². The first-order chi connectivity index (χ1) is 4.06. The van der Waals surface area contributed by atoms with Crippen molar-refractivity contribution in [1.29, 1.82) is 0 Å². The number of hydrogen-bond donors (Lipinski definition) is 0. The summed E-state index contributed by atoms with van der Waals surface area (Å²) in [5.74, 6) is 0. The van der Waals surface area contributed by atoms with Crippen molar-refractivity contribution in [2.24, 2.45) is 0 Å². The fraction of sp³-hybridized carbons (Fsp3) is 1.00. The van der Waals surface area contributed by atoms with Gasteiger partial charge in [0.1, 0.15) is 0 Å². The van der Waals surface area contributed by atoms with E-state index in [0.717, 1.165) is 5.33 Å². The number of rotatable bonds is 4. The van der Waals surface area contributed by atoms with Crippen LogP contribution in [0.4, 0.5) is 0 Å². The Kier molecular flexibility index (Phi) is 7.29. The van der Waals surface area contributed by atoms with E-state index in [1.54, 1.807) is 0 Å². The Hall–Kier alpha value is 2.24. The molecule has 0 amide bonds. The van der Waals surface area contributed by atoms with E-state index in [1.807, 2.05) is 0 Å². The molecule has 56 valence electrons. The van der Waals surface area contributed by atoms with Crippen LogP contribution in [-0.4, -0.2) is 19.3 Å².